The SMILES string of the molecule is O=C(CSc1n[nH]c(=O)n1CC1CCCO1)NCCc1ccccc1. The lowest BCUT2D eigenvalue weighted by Gasteiger charge is -2.11. The molecule has 1 aliphatic rings. The number of carbonyl (C=O) groups excluding carboxylic acids is 1. The summed E-state index contributed by atoms with van der Waals surface area (Å²) in [6.07, 6.45) is 2.81. The second-order valence-electron chi connectivity index (χ2n) is 5.93. The van der Waals surface area contributed by atoms with Crippen LogP contribution in [-0.4, -0.2) is 45.7 Å². The van der Waals surface area contributed by atoms with E-state index in [2.05, 4.69) is 15.5 Å². The Balaban J connectivity index is 1.44. The van der Waals surface area contributed by atoms with Crippen LogP contribution in [0.25, 0.3) is 0 Å². The summed E-state index contributed by atoms with van der Waals surface area (Å²) in [5, 5.41) is 9.88. The van der Waals surface area contributed by atoms with E-state index in [-0.39, 0.29) is 23.5 Å². The third-order valence-corrected chi connectivity index (χ3v) is 5.02. The molecule has 0 spiro atoms. The molecule has 8 heteroatoms. The summed E-state index contributed by atoms with van der Waals surface area (Å²) >= 11 is 1.26. The van der Waals surface area contributed by atoms with Crippen molar-refractivity contribution in [1.82, 2.24) is 20.1 Å². The molecular weight excluding hydrogens is 340 g/mol. The number of H-pyrrole nitrogens is 1. The number of thioether (sulfide) groups is 1. The van der Waals surface area contributed by atoms with Crippen LogP contribution in [0.5, 0.6) is 0 Å². The zero-order valence-electron chi connectivity index (χ0n) is 13.9. The first-order valence-electron chi connectivity index (χ1n) is 8.42. The Kier molecular flexibility index (Phi) is 6.30. The Bertz CT molecular complexity index is 738. The molecule has 0 bridgehead atoms. The largest absolute Gasteiger partial charge is 0.376 e. The minimum atomic E-state index is -0.262. The van der Waals surface area contributed by atoms with Crippen molar-refractivity contribution in [1.29, 1.82) is 0 Å². The zero-order valence-corrected chi connectivity index (χ0v) is 14.8. The van der Waals surface area contributed by atoms with E-state index in [9.17, 15) is 9.59 Å². The molecule has 134 valence electrons. The van der Waals surface area contributed by atoms with Gasteiger partial charge in [-0.3, -0.25) is 9.36 Å². The highest BCUT2D eigenvalue weighted by Gasteiger charge is 2.20. The molecule has 1 aromatic heterocycles. The number of nitrogens with zero attached hydrogens (tertiary/aromatic N) is 2. The van der Waals surface area contributed by atoms with Crippen LogP contribution in [0.4, 0.5) is 0 Å². The molecule has 2 heterocycles. The van der Waals surface area contributed by atoms with Gasteiger partial charge in [0.2, 0.25) is 5.91 Å². The van der Waals surface area contributed by atoms with Crippen LogP contribution in [0.2, 0.25) is 0 Å². The average Bonchev–Trinajstić information content (AvgIpc) is 3.25. The van der Waals surface area contributed by atoms with Gasteiger partial charge in [0.15, 0.2) is 5.16 Å². The first-order chi connectivity index (χ1) is 12.2. The predicted octanol–water partition coefficient (Wildman–Crippen LogP) is 1.20. The maximum Gasteiger partial charge on any atom is 0.344 e. The summed E-state index contributed by atoms with van der Waals surface area (Å²) in [6, 6.07) is 10.0. The molecular formula is C17H22N4O3S. The number of carbonyl (C=O) groups is 1. The second kappa shape index (κ2) is 8.87. The number of aromatic nitrogens is 3. The standard InChI is InChI=1S/C17H22N4O3S/c22-15(18-9-8-13-5-2-1-3-6-13)12-25-17-20-19-16(23)21(17)11-14-7-4-10-24-14/h1-3,5-6,14H,4,7-12H2,(H,18,22)(H,19,23). The molecule has 1 amide bonds. The summed E-state index contributed by atoms with van der Waals surface area (Å²) in [5.74, 6) is 0.157. The van der Waals surface area contributed by atoms with Gasteiger partial charge in [0.1, 0.15) is 0 Å². The quantitative estimate of drug-likeness (QED) is 0.689. The lowest BCUT2D eigenvalue weighted by atomic mass is 10.1. The predicted molar refractivity (Wildman–Crippen MR) is 95.7 cm³/mol. The molecule has 1 aromatic carbocycles. The Morgan fingerprint density at radius 2 is 2.24 bits per heavy atom. The molecule has 1 fully saturated rings. The fraction of sp³-hybridized carbons (Fsp3) is 0.471. The van der Waals surface area contributed by atoms with Gasteiger partial charge < -0.3 is 10.1 Å². The van der Waals surface area contributed by atoms with Gasteiger partial charge in [0, 0.05) is 13.2 Å². The monoisotopic (exact) mass is 362 g/mol. The Hall–Kier alpha value is -2.06. The van der Waals surface area contributed by atoms with Crippen LogP contribution in [0.3, 0.4) is 0 Å². The van der Waals surface area contributed by atoms with Crippen LogP contribution in [0, 0.1) is 0 Å². The molecule has 2 N–H and O–H groups in total. The van der Waals surface area contributed by atoms with Gasteiger partial charge in [-0.15, -0.1) is 5.10 Å². The average molecular weight is 362 g/mol. The third kappa shape index (κ3) is 5.20. The van der Waals surface area contributed by atoms with E-state index in [0.717, 1.165) is 25.9 Å². The number of nitrogens with one attached hydrogen (secondary N) is 2. The highest BCUT2D eigenvalue weighted by atomic mass is 32.2. The van der Waals surface area contributed by atoms with Crippen LogP contribution < -0.4 is 11.0 Å². The van der Waals surface area contributed by atoms with E-state index in [1.807, 2.05) is 30.3 Å². The molecule has 0 aliphatic carbocycles. The number of benzene rings is 1. The van der Waals surface area contributed by atoms with Gasteiger partial charge >= 0.3 is 5.69 Å². The van der Waals surface area contributed by atoms with Gasteiger partial charge in [0.05, 0.1) is 18.4 Å². The van der Waals surface area contributed by atoms with Gasteiger partial charge in [-0.05, 0) is 24.8 Å². The molecule has 1 unspecified atom stereocenters. The highest BCUT2D eigenvalue weighted by Crippen LogP contribution is 2.17. The molecule has 3 rings (SSSR count). The fourth-order valence-corrected chi connectivity index (χ4v) is 3.52. The first kappa shape index (κ1) is 17.8. The number of aromatic amines is 1. The molecule has 1 atom stereocenters. The molecule has 0 radical (unpaired) electrons. The van der Waals surface area contributed by atoms with Gasteiger partial charge in [-0.2, -0.15) is 0 Å². The molecule has 0 saturated carbocycles. The van der Waals surface area contributed by atoms with Crippen molar-refractivity contribution in [3.63, 3.8) is 0 Å². The van der Waals surface area contributed by atoms with E-state index in [4.69, 9.17) is 4.74 Å². The van der Waals surface area contributed by atoms with Crippen molar-refractivity contribution >= 4 is 17.7 Å². The lowest BCUT2D eigenvalue weighted by Crippen LogP contribution is -2.28. The maximum absolute atomic E-state index is 12.0. The molecule has 7 nitrogen and oxygen atoms in total. The van der Waals surface area contributed by atoms with Crippen LogP contribution >= 0.6 is 11.8 Å². The molecule has 2 aromatic rings. The number of amides is 1. The number of hydrogen-bond donors (Lipinski definition) is 2. The van der Waals surface area contributed by atoms with E-state index in [0.29, 0.717) is 18.2 Å². The molecule has 1 saturated heterocycles. The Labute approximate surface area is 150 Å². The summed E-state index contributed by atoms with van der Waals surface area (Å²) in [5.41, 5.74) is 0.927. The van der Waals surface area contributed by atoms with E-state index in [1.54, 1.807) is 4.57 Å². The van der Waals surface area contributed by atoms with Crippen molar-refractivity contribution in [2.24, 2.45) is 0 Å². The number of hydrogen-bond acceptors (Lipinski definition) is 5. The van der Waals surface area contributed by atoms with E-state index >= 15 is 0 Å². The minimum absolute atomic E-state index is 0.0503. The smallest absolute Gasteiger partial charge is 0.344 e. The molecule has 25 heavy (non-hydrogen) atoms. The summed E-state index contributed by atoms with van der Waals surface area (Å²) < 4.78 is 7.12. The summed E-state index contributed by atoms with van der Waals surface area (Å²) in [6.45, 7) is 1.81. The second-order valence-corrected chi connectivity index (χ2v) is 6.87. The van der Waals surface area contributed by atoms with Gasteiger partial charge in [-0.1, -0.05) is 42.1 Å². The van der Waals surface area contributed by atoms with Gasteiger partial charge in [0.25, 0.3) is 0 Å². The molecule has 1 aliphatic heterocycles. The van der Waals surface area contributed by atoms with E-state index in [1.165, 1.54) is 17.3 Å². The third-order valence-electron chi connectivity index (χ3n) is 4.04. The van der Waals surface area contributed by atoms with E-state index < -0.39 is 0 Å². The van der Waals surface area contributed by atoms with Crippen molar-refractivity contribution in [2.45, 2.75) is 37.1 Å². The number of rotatable bonds is 8. The normalized spacial score (nSPS) is 16.9. The lowest BCUT2D eigenvalue weighted by molar-refractivity contribution is -0.118. The highest BCUT2D eigenvalue weighted by molar-refractivity contribution is 7.99. The van der Waals surface area contributed by atoms with Gasteiger partial charge in [-0.25, -0.2) is 9.89 Å². The van der Waals surface area contributed by atoms with Crippen LogP contribution in [0.1, 0.15) is 18.4 Å². The first-order valence-corrected chi connectivity index (χ1v) is 9.41. The summed E-state index contributed by atoms with van der Waals surface area (Å²) in [7, 11) is 0. The Morgan fingerprint density at radius 1 is 1.40 bits per heavy atom. The minimum Gasteiger partial charge on any atom is -0.376 e. The topological polar surface area (TPSA) is 89.0 Å². The summed E-state index contributed by atoms with van der Waals surface area (Å²) in [4.78, 5) is 23.9. The van der Waals surface area contributed by atoms with Crippen molar-refractivity contribution < 1.29 is 9.53 Å². The van der Waals surface area contributed by atoms with Crippen molar-refractivity contribution in [3.05, 3.63) is 46.4 Å². The maximum atomic E-state index is 12.0. The number of ether oxygens (including phenoxy) is 1. The fourth-order valence-electron chi connectivity index (χ4n) is 2.74. The Morgan fingerprint density at radius 3 is 3.00 bits per heavy atom. The van der Waals surface area contributed by atoms with Crippen molar-refractivity contribution in [2.75, 3.05) is 18.9 Å². The van der Waals surface area contributed by atoms with Crippen LogP contribution in [0.15, 0.2) is 40.3 Å². The van der Waals surface area contributed by atoms with Crippen LogP contribution in [-0.2, 0) is 22.5 Å². The zero-order chi connectivity index (χ0) is 17.5. The van der Waals surface area contributed by atoms with Crippen molar-refractivity contribution in [3.8, 4) is 0 Å².